The molecule has 0 amide bonds. The van der Waals surface area contributed by atoms with Crippen molar-refractivity contribution in [3.05, 3.63) is 22.2 Å². The van der Waals surface area contributed by atoms with Crippen molar-refractivity contribution in [3.8, 4) is 11.8 Å². The van der Waals surface area contributed by atoms with Gasteiger partial charge in [0.2, 0.25) is 10.0 Å². The summed E-state index contributed by atoms with van der Waals surface area (Å²) in [4.78, 5) is -0.0928. The molecule has 0 aliphatic heterocycles. The van der Waals surface area contributed by atoms with Crippen molar-refractivity contribution >= 4 is 26.0 Å². The number of rotatable bonds is 3. The lowest BCUT2D eigenvalue weighted by Crippen LogP contribution is -2.16. The van der Waals surface area contributed by atoms with Gasteiger partial charge < -0.3 is 4.74 Å². The predicted molar refractivity (Wildman–Crippen MR) is 68.6 cm³/mol. The fourth-order valence-corrected chi connectivity index (χ4v) is 3.35. The average molecular weight is 331 g/mol. The van der Waals surface area contributed by atoms with E-state index in [1.807, 2.05) is 0 Å². The highest BCUT2D eigenvalue weighted by Crippen LogP contribution is 2.54. The Balaban J connectivity index is 2.78. The van der Waals surface area contributed by atoms with Crippen LogP contribution in [0.15, 0.2) is 21.5 Å². The van der Waals surface area contributed by atoms with Gasteiger partial charge in [0.1, 0.15) is 10.6 Å². The molecule has 2 rings (SSSR count). The van der Waals surface area contributed by atoms with Gasteiger partial charge in [-0.2, -0.15) is 5.26 Å². The van der Waals surface area contributed by atoms with Crippen LogP contribution in [-0.2, 0) is 15.4 Å². The number of nitriles is 1. The molecule has 0 atom stereocenters. The zero-order valence-corrected chi connectivity index (χ0v) is 12.0. The summed E-state index contributed by atoms with van der Waals surface area (Å²) >= 11 is 3.34. The molecule has 0 unspecified atom stereocenters. The van der Waals surface area contributed by atoms with Crippen LogP contribution >= 0.6 is 15.9 Å². The van der Waals surface area contributed by atoms with Crippen LogP contribution < -0.4 is 9.88 Å². The van der Waals surface area contributed by atoms with Crippen molar-refractivity contribution in [1.82, 2.24) is 0 Å². The smallest absolute Gasteiger partial charge is 0.241 e. The number of ether oxygens (including phenoxy) is 1. The summed E-state index contributed by atoms with van der Waals surface area (Å²) in [6.07, 6.45) is 1.37. The summed E-state index contributed by atoms with van der Waals surface area (Å²) in [7, 11) is -2.51. The number of sulfonamides is 1. The Bertz CT molecular complexity index is 645. The van der Waals surface area contributed by atoms with Crippen molar-refractivity contribution in [1.29, 1.82) is 5.26 Å². The topological polar surface area (TPSA) is 93.2 Å². The minimum absolute atomic E-state index is 0.0928. The molecule has 0 saturated heterocycles. The Hall–Kier alpha value is -1.10. The Morgan fingerprint density at radius 3 is 2.50 bits per heavy atom. The first-order chi connectivity index (χ1) is 8.35. The molecule has 2 N–H and O–H groups in total. The van der Waals surface area contributed by atoms with Gasteiger partial charge in [0.25, 0.3) is 0 Å². The van der Waals surface area contributed by atoms with Crippen molar-refractivity contribution in [2.75, 3.05) is 7.11 Å². The highest BCUT2D eigenvalue weighted by Gasteiger charge is 2.49. The van der Waals surface area contributed by atoms with Crippen LogP contribution in [-0.4, -0.2) is 15.5 Å². The zero-order valence-electron chi connectivity index (χ0n) is 9.60. The van der Waals surface area contributed by atoms with Gasteiger partial charge in [-0.25, -0.2) is 13.6 Å². The molecular formula is C11H11BrN2O3S. The SMILES string of the molecule is COc1c(S(N)(=O)=O)ccc(Br)c1C1(C#N)CC1. The number of halogens is 1. The number of nitrogens with zero attached hydrogens (tertiary/aromatic N) is 1. The lowest BCUT2D eigenvalue weighted by molar-refractivity contribution is 0.395. The van der Waals surface area contributed by atoms with E-state index in [-0.39, 0.29) is 10.6 Å². The first kappa shape index (κ1) is 13.3. The third-order valence-corrected chi connectivity index (χ3v) is 4.62. The Morgan fingerprint density at radius 2 is 2.11 bits per heavy atom. The Kier molecular flexibility index (Phi) is 3.13. The van der Waals surface area contributed by atoms with Gasteiger partial charge >= 0.3 is 0 Å². The number of methoxy groups -OCH3 is 1. The second kappa shape index (κ2) is 4.23. The summed E-state index contributed by atoms with van der Waals surface area (Å²) in [5.41, 5.74) is -0.0933. The van der Waals surface area contributed by atoms with Crippen LogP contribution in [0.1, 0.15) is 18.4 Å². The summed E-state index contributed by atoms with van der Waals surface area (Å²) in [5, 5.41) is 14.4. The Labute approximate surface area is 114 Å². The van der Waals surface area contributed by atoms with E-state index >= 15 is 0 Å². The highest BCUT2D eigenvalue weighted by molar-refractivity contribution is 9.10. The molecule has 1 aromatic carbocycles. The van der Waals surface area contributed by atoms with E-state index in [4.69, 9.17) is 9.88 Å². The maximum Gasteiger partial charge on any atom is 0.241 e. The minimum Gasteiger partial charge on any atom is -0.495 e. The largest absolute Gasteiger partial charge is 0.495 e. The highest BCUT2D eigenvalue weighted by atomic mass is 79.9. The van der Waals surface area contributed by atoms with Gasteiger partial charge in [0.05, 0.1) is 18.6 Å². The van der Waals surface area contributed by atoms with Crippen molar-refractivity contribution < 1.29 is 13.2 Å². The van der Waals surface area contributed by atoms with Crippen LogP contribution in [0, 0.1) is 11.3 Å². The van der Waals surface area contributed by atoms with E-state index in [1.54, 1.807) is 6.07 Å². The van der Waals surface area contributed by atoms with Crippen molar-refractivity contribution in [2.45, 2.75) is 23.2 Å². The first-order valence-electron chi connectivity index (χ1n) is 5.17. The van der Waals surface area contributed by atoms with Gasteiger partial charge in [-0.3, -0.25) is 0 Å². The molecule has 18 heavy (non-hydrogen) atoms. The third-order valence-electron chi connectivity index (χ3n) is 3.02. The lowest BCUT2D eigenvalue weighted by Gasteiger charge is -2.17. The number of primary sulfonamides is 1. The fraction of sp³-hybridized carbons (Fsp3) is 0.364. The van der Waals surface area contributed by atoms with E-state index in [2.05, 4.69) is 22.0 Å². The van der Waals surface area contributed by atoms with Crippen molar-refractivity contribution in [2.24, 2.45) is 5.14 Å². The summed E-state index contributed by atoms with van der Waals surface area (Å²) < 4.78 is 28.9. The molecule has 7 heteroatoms. The molecule has 1 saturated carbocycles. The summed E-state index contributed by atoms with van der Waals surface area (Å²) in [5.74, 6) is 0.158. The van der Waals surface area contributed by atoms with Crippen LogP contribution in [0.5, 0.6) is 5.75 Å². The molecular weight excluding hydrogens is 320 g/mol. The Morgan fingerprint density at radius 1 is 1.50 bits per heavy atom. The van der Waals surface area contributed by atoms with E-state index in [9.17, 15) is 13.7 Å². The molecule has 5 nitrogen and oxygen atoms in total. The zero-order chi connectivity index (χ0) is 13.6. The lowest BCUT2D eigenvalue weighted by atomic mass is 9.96. The summed E-state index contributed by atoms with van der Waals surface area (Å²) in [6.45, 7) is 0. The molecule has 1 aliphatic rings. The molecule has 1 fully saturated rings. The predicted octanol–water partition coefficient (Wildman–Crippen LogP) is 1.66. The van der Waals surface area contributed by atoms with E-state index in [1.165, 1.54) is 13.2 Å². The van der Waals surface area contributed by atoms with Gasteiger partial charge in [0, 0.05) is 10.0 Å². The molecule has 0 aromatic heterocycles. The number of benzene rings is 1. The number of nitrogens with two attached hydrogens (primary N) is 1. The van der Waals surface area contributed by atoms with Gasteiger partial charge in [-0.05, 0) is 25.0 Å². The monoisotopic (exact) mass is 330 g/mol. The van der Waals surface area contributed by atoms with E-state index in [0.29, 0.717) is 22.9 Å². The van der Waals surface area contributed by atoms with Crippen LogP contribution in [0.2, 0.25) is 0 Å². The first-order valence-corrected chi connectivity index (χ1v) is 7.51. The van der Waals surface area contributed by atoms with Gasteiger partial charge in [0.15, 0.2) is 0 Å². The third kappa shape index (κ3) is 2.00. The average Bonchev–Trinajstić information content (AvgIpc) is 3.07. The van der Waals surface area contributed by atoms with Crippen molar-refractivity contribution in [3.63, 3.8) is 0 Å². The second-order valence-electron chi connectivity index (χ2n) is 4.19. The standard InChI is InChI=1S/C11H11BrN2O3S/c1-17-10-8(18(14,15)16)3-2-7(12)9(10)11(6-13)4-5-11/h2-3H,4-5H2,1H3,(H2,14,15,16). The van der Waals surface area contributed by atoms with Gasteiger partial charge in [-0.1, -0.05) is 15.9 Å². The molecule has 0 radical (unpaired) electrons. The minimum atomic E-state index is -3.88. The van der Waals surface area contributed by atoms with E-state index in [0.717, 1.165) is 0 Å². The molecule has 0 bridgehead atoms. The second-order valence-corrected chi connectivity index (χ2v) is 6.58. The van der Waals surface area contributed by atoms with Gasteiger partial charge in [-0.15, -0.1) is 0 Å². The molecule has 0 spiro atoms. The van der Waals surface area contributed by atoms with E-state index < -0.39 is 15.4 Å². The normalized spacial score (nSPS) is 17.0. The molecule has 96 valence electrons. The molecule has 1 aromatic rings. The number of hydrogen-bond donors (Lipinski definition) is 1. The quantitative estimate of drug-likeness (QED) is 0.911. The maximum atomic E-state index is 11.5. The molecule has 0 heterocycles. The summed E-state index contributed by atoms with van der Waals surface area (Å²) in [6, 6.07) is 5.17. The fourth-order valence-electron chi connectivity index (χ4n) is 1.95. The van der Waals surface area contributed by atoms with Crippen LogP contribution in [0.4, 0.5) is 0 Å². The molecule has 1 aliphatic carbocycles. The maximum absolute atomic E-state index is 11.5. The number of hydrogen-bond acceptors (Lipinski definition) is 4. The van der Waals surface area contributed by atoms with Crippen LogP contribution in [0.25, 0.3) is 0 Å². The van der Waals surface area contributed by atoms with Crippen LogP contribution in [0.3, 0.4) is 0 Å².